The van der Waals surface area contributed by atoms with Gasteiger partial charge in [-0.1, -0.05) is 42.8 Å². The molecule has 1 atom stereocenters. The van der Waals surface area contributed by atoms with Gasteiger partial charge in [-0.15, -0.1) is 0 Å². The second-order valence-electron chi connectivity index (χ2n) is 6.09. The van der Waals surface area contributed by atoms with Gasteiger partial charge in [0.15, 0.2) is 0 Å². The van der Waals surface area contributed by atoms with E-state index in [-0.39, 0.29) is 30.5 Å². The number of para-hydroxylation sites is 1. The maximum Gasteiger partial charge on any atom is 0.261 e. The highest BCUT2D eigenvalue weighted by atomic mass is 35.5. The third-order valence-corrected chi connectivity index (χ3v) is 4.54. The molecular formula is C20H20ClN3O2. The van der Waals surface area contributed by atoms with E-state index >= 15 is 0 Å². The fourth-order valence-corrected chi connectivity index (χ4v) is 3.10. The Bertz CT molecular complexity index is 984. The molecule has 0 aliphatic carbocycles. The van der Waals surface area contributed by atoms with Gasteiger partial charge in [0.25, 0.3) is 5.56 Å². The number of carbonyl (C=O) groups excluding carboxylic acids is 1. The molecule has 3 rings (SSSR count). The van der Waals surface area contributed by atoms with Gasteiger partial charge >= 0.3 is 0 Å². The highest BCUT2D eigenvalue weighted by molar-refractivity contribution is 6.30. The Morgan fingerprint density at radius 3 is 2.81 bits per heavy atom. The lowest BCUT2D eigenvalue weighted by molar-refractivity contribution is -0.122. The molecule has 134 valence electrons. The van der Waals surface area contributed by atoms with Crippen LogP contribution in [-0.4, -0.2) is 15.5 Å². The molecule has 3 aromatic rings. The minimum Gasteiger partial charge on any atom is -0.349 e. The van der Waals surface area contributed by atoms with Gasteiger partial charge in [-0.05, 0) is 36.2 Å². The van der Waals surface area contributed by atoms with E-state index in [0.29, 0.717) is 15.9 Å². The minimum atomic E-state index is -0.134. The van der Waals surface area contributed by atoms with Gasteiger partial charge in [0.2, 0.25) is 5.91 Å². The Hall–Kier alpha value is -2.66. The molecule has 0 saturated heterocycles. The highest BCUT2D eigenvalue weighted by Crippen LogP contribution is 2.20. The molecule has 0 aliphatic rings. The summed E-state index contributed by atoms with van der Waals surface area (Å²) in [4.78, 5) is 29.1. The Morgan fingerprint density at radius 2 is 2.04 bits per heavy atom. The van der Waals surface area contributed by atoms with Crippen LogP contribution in [0.4, 0.5) is 0 Å². The van der Waals surface area contributed by atoms with Crippen LogP contribution in [0, 0.1) is 0 Å². The number of halogens is 1. The van der Waals surface area contributed by atoms with Gasteiger partial charge in [-0.25, -0.2) is 4.98 Å². The minimum absolute atomic E-state index is 0.104. The molecule has 0 radical (unpaired) electrons. The lowest BCUT2D eigenvalue weighted by Gasteiger charge is -2.18. The standard InChI is InChI=1S/C20H20ClN3O2/c1-2-17(14-6-5-7-15(21)12-14)23-19(25)10-11-24-13-22-18-9-4-3-8-16(18)20(24)26/h3-9,12-13,17H,2,10-11H2,1H3,(H,23,25). The van der Waals surface area contributed by atoms with E-state index in [2.05, 4.69) is 10.3 Å². The van der Waals surface area contributed by atoms with Crippen molar-refractivity contribution in [3.05, 3.63) is 75.8 Å². The molecule has 0 bridgehead atoms. The lowest BCUT2D eigenvalue weighted by Crippen LogP contribution is -2.30. The van der Waals surface area contributed by atoms with Gasteiger partial charge in [0.1, 0.15) is 0 Å². The second kappa shape index (κ2) is 8.15. The van der Waals surface area contributed by atoms with Crippen molar-refractivity contribution >= 4 is 28.4 Å². The average Bonchev–Trinajstić information content (AvgIpc) is 2.66. The number of rotatable bonds is 6. The Kier molecular flexibility index (Phi) is 5.68. The van der Waals surface area contributed by atoms with Crippen molar-refractivity contribution in [1.29, 1.82) is 0 Å². The number of nitrogens with one attached hydrogen (secondary N) is 1. The van der Waals surface area contributed by atoms with Crippen LogP contribution in [0.25, 0.3) is 10.9 Å². The van der Waals surface area contributed by atoms with E-state index in [9.17, 15) is 9.59 Å². The molecule has 6 heteroatoms. The van der Waals surface area contributed by atoms with E-state index in [1.54, 1.807) is 24.3 Å². The predicted molar refractivity (Wildman–Crippen MR) is 103 cm³/mol. The number of aromatic nitrogens is 2. The molecule has 1 heterocycles. The summed E-state index contributed by atoms with van der Waals surface area (Å²) in [6.45, 7) is 2.29. The lowest BCUT2D eigenvalue weighted by atomic mass is 10.0. The van der Waals surface area contributed by atoms with Crippen molar-refractivity contribution in [2.45, 2.75) is 32.4 Å². The number of carbonyl (C=O) groups is 1. The Morgan fingerprint density at radius 1 is 1.23 bits per heavy atom. The summed E-state index contributed by atoms with van der Waals surface area (Å²) in [6.07, 6.45) is 2.45. The van der Waals surface area contributed by atoms with E-state index in [4.69, 9.17) is 11.6 Å². The molecule has 0 spiro atoms. The first-order valence-corrected chi connectivity index (χ1v) is 8.95. The molecule has 0 fully saturated rings. The van der Waals surface area contributed by atoms with E-state index in [0.717, 1.165) is 12.0 Å². The van der Waals surface area contributed by atoms with Crippen LogP contribution >= 0.6 is 11.6 Å². The van der Waals surface area contributed by atoms with E-state index in [1.807, 2.05) is 31.2 Å². The summed E-state index contributed by atoms with van der Waals surface area (Å²) in [5.74, 6) is -0.114. The maximum absolute atomic E-state index is 12.5. The molecule has 1 unspecified atom stereocenters. The smallest absolute Gasteiger partial charge is 0.261 e. The summed E-state index contributed by atoms with van der Waals surface area (Å²) >= 11 is 6.03. The fraction of sp³-hybridized carbons (Fsp3) is 0.250. The monoisotopic (exact) mass is 369 g/mol. The fourth-order valence-electron chi connectivity index (χ4n) is 2.90. The first-order chi connectivity index (χ1) is 12.6. The van der Waals surface area contributed by atoms with Gasteiger partial charge in [0, 0.05) is 18.0 Å². The molecule has 1 N–H and O–H groups in total. The summed E-state index contributed by atoms with van der Waals surface area (Å²) in [7, 11) is 0. The van der Waals surface area contributed by atoms with Crippen LogP contribution in [0.15, 0.2) is 59.7 Å². The van der Waals surface area contributed by atoms with Gasteiger partial charge in [-0.2, -0.15) is 0 Å². The zero-order valence-corrected chi connectivity index (χ0v) is 15.2. The Labute approximate surface area is 156 Å². The molecule has 0 saturated carbocycles. The van der Waals surface area contributed by atoms with Crippen molar-refractivity contribution in [3.8, 4) is 0 Å². The van der Waals surface area contributed by atoms with Crippen molar-refractivity contribution < 1.29 is 4.79 Å². The summed E-state index contributed by atoms with van der Waals surface area (Å²) < 4.78 is 1.47. The number of hydrogen-bond donors (Lipinski definition) is 1. The van der Waals surface area contributed by atoms with Crippen molar-refractivity contribution in [3.63, 3.8) is 0 Å². The summed E-state index contributed by atoms with van der Waals surface area (Å²) in [5, 5.41) is 4.20. The molecule has 26 heavy (non-hydrogen) atoms. The molecule has 5 nitrogen and oxygen atoms in total. The summed E-state index contributed by atoms with van der Waals surface area (Å²) in [5.41, 5.74) is 1.49. The first-order valence-electron chi connectivity index (χ1n) is 8.57. The van der Waals surface area contributed by atoms with Gasteiger partial charge in [0.05, 0.1) is 23.3 Å². The largest absolute Gasteiger partial charge is 0.349 e. The highest BCUT2D eigenvalue weighted by Gasteiger charge is 2.13. The normalized spacial score (nSPS) is 12.1. The number of hydrogen-bond acceptors (Lipinski definition) is 3. The van der Waals surface area contributed by atoms with Crippen LogP contribution in [0.1, 0.15) is 31.4 Å². The number of benzene rings is 2. The molecule has 1 amide bonds. The van der Waals surface area contributed by atoms with Crippen molar-refractivity contribution in [2.24, 2.45) is 0 Å². The SMILES string of the molecule is CCC(NC(=O)CCn1cnc2ccccc2c1=O)c1cccc(Cl)c1. The van der Waals surface area contributed by atoms with Crippen molar-refractivity contribution in [1.82, 2.24) is 14.9 Å². The van der Waals surface area contributed by atoms with E-state index < -0.39 is 0 Å². The first kappa shape index (κ1) is 18.1. The molecule has 0 aliphatic heterocycles. The Balaban J connectivity index is 1.67. The third-order valence-electron chi connectivity index (χ3n) is 4.31. The van der Waals surface area contributed by atoms with Crippen LogP contribution in [0.2, 0.25) is 5.02 Å². The van der Waals surface area contributed by atoms with Crippen LogP contribution < -0.4 is 10.9 Å². The third kappa shape index (κ3) is 4.11. The quantitative estimate of drug-likeness (QED) is 0.720. The van der Waals surface area contributed by atoms with Crippen LogP contribution in [0.5, 0.6) is 0 Å². The number of amides is 1. The zero-order valence-electron chi connectivity index (χ0n) is 14.5. The van der Waals surface area contributed by atoms with Crippen LogP contribution in [-0.2, 0) is 11.3 Å². The molecule has 1 aromatic heterocycles. The molecule has 2 aromatic carbocycles. The predicted octanol–water partition coefficient (Wildman–Crippen LogP) is 3.71. The average molecular weight is 370 g/mol. The zero-order chi connectivity index (χ0) is 18.5. The van der Waals surface area contributed by atoms with Gasteiger partial charge in [-0.3, -0.25) is 14.2 Å². The summed E-state index contributed by atoms with van der Waals surface area (Å²) in [6, 6.07) is 14.6. The topological polar surface area (TPSA) is 64.0 Å². The number of fused-ring (bicyclic) bond motifs is 1. The second-order valence-corrected chi connectivity index (χ2v) is 6.53. The van der Waals surface area contributed by atoms with Crippen molar-refractivity contribution in [2.75, 3.05) is 0 Å². The van der Waals surface area contributed by atoms with Gasteiger partial charge < -0.3 is 5.32 Å². The van der Waals surface area contributed by atoms with E-state index in [1.165, 1.54) is 10.9 Å². The number of aryl methyl sites for hydroxylation is 1. The van der Waals surface area contributed by atoms with Crippen LogP contribution in [0.3, 0.4) is 0 Å². The molecular weight excluding hydrogens is 350 g/mol. The maximum atomic E-state index is 12.5. The number of nitrogens with zero attached hydrogens (tertiary/aromatic N) is 2.